The molecule has 0 amide bonds. The number of hydrogen-bond acceptors (Lipinski definition) is 2. The maximum absolute atomic E-state index is 12.6. The smallest absolute Gasteiger partial charge is 0.416 e. The molecule has 26 heavy (non-hydrogen) atoms. The second-order valence-electron chi connectivity index (χ2n) is 6.10. The monoisotopic (exact) mass is 361 g/mol. The van der Waals surface area contributed by atoms with E-state index in [2.05, 4.69) is 4.98 Å². The van der Waals surface area contributed by atoms with Gasteiger partial charge in [0.15, 0.2) is 0 Å². The molecule has 0 spiro atoms. The highest BCUT2D eigenvalue weighted by atomic mass is 19.4. The number of aromatic amines is 1. The van der Waals surface area contributed by atoms with Crippen LogP contribution in [0.4, 0.5) is 13.2 Å². The van der Waals surface area contributed by atoms with Crippen LogP contribution in [0.25, 0.3) is 10.9 Å². The van der Waals surface area contributed by atoms with Crippen LogP contribution in [-0.2, 0) is 17.3 Å². The van der Waals surface area contributed by atoms with Gasteiger partial charge < -0.3 is 9.72 Å². The van der Waals surface area contributed by atoms with Crippen molar-refractivity contribution in [3.63, 3.8) is 0 Å². The zero-order valence-electron chi connectivity index (χ0n) is 14.2. The SMILES string of the molecule is CCCOC(=O)c1ccc2[nH]c(Cc3ccc(C(F)(F)F)cc3)cc2c1. The molecule has 6 heteroatoms. The largest absolute Gasteiger partial charge is 0.462 e. The number of rotatable bonds is 5. The molecule has 0 unspecified atom stereocenters. The summed E-state index contributed by atoms with van der Waals surface area (Å²) in [5, 5.41) is 0.859. The van der Waals surface area contributed by atoms with Crippen molar-refractivity contribution in [1.29, 1.82) is 0 Å². The Labute approximate surface area is 148 Å². The van der Waals surface area contributed by atoms with Crippen molar-refractivity contribution in [2.24, 2.45) is 0 Å². The Balaban J connectivity index is 1.77. The summed E-state index contributed by atoms with van der Waals surface area (Å²) >= 11 is 0. The van der Waals surface area contributed by atoms with Crippen LogP contribution < -0.4 is 0 Å². The van der Waals surface area contributed by atoms with Crippen LogP contribution in [0.1, 0.15) is 40.5 Å². The van der Waals surface area contributed by atoms with Gasteiger partial charge in [0.25, 0.3) is 0 Å². The minimum absolute atomic E-state index is 0.362. The fourth-order valence-corrected chi connectivity index (χ4v) is 2.72. The van der Waals surface area contributed by atoms with E-state index < -0.39 is 11.7 Å². The van der Waals surface area contributed by atoms with Crippen LogP contribution in [0.3, 0.4) is 0 Å². The number of H-pyrrole nitrogens is 1. The van der Waals surface area contributed by atoms with Gasteiger partial charge in [0.1, 0.15) is 0 Å². The van der Waals surface area contributed by atoms with Crippen molar-refractivity contribution < 1.29 is 22.7 Å². The van der Waals surface area contributed by atoms with Crippen LogP contribution in [0.5, 0.6) is 0 Å². The first-order valence-electron chi connectivity index (χ1n) is 8.31. The molecule has 0 bridgehead atoms. The lowest BCUT2D eigenvalue weighted by Gasteiger charge is -2.07. The lowest BCUT2D eigenvalue weighted by Crippen LogP contribution is -2.05. The van der Waals surface area contributed by atoms with Gasteiger partial charge in [-0.15, -0.1) is 0 Å². The standard InChI is InChI=1S/C20H18F3NO2/c1-2-9-26-19(25)14-5-8-18-15(11-14)12-17(24-18)10-13-3-6-16(7-4-13)20(21,22)23/h3-8,11-12,24H,2,9-10H2,1H3. The molecule has 0 aliphatic carbocycles. The molecule has 0 fully saturated rings. The molecule has 0 aliphatic heterocycles. The summed E-state index contributed by atoms with van der Waals surface area (Å²) in [5.41, 5.74) is 2.31. The summed E-state index contributed by atoms with van der Waals surface area (Å²) in [6.07, 6.45) is -3.10. The summed E-state index contributed by atoms with van der Waals surface area (Å²) in [7, 11) is 0. The quantitative estimate of drug-likeness (QED) is 0.623. The van der Waals surface area contributed by atoms with Gasteiger partial charge in [-0.25, -0.2) is 4.79 Å². The van der Waals surface area contributed by atoms with Crippen molar-refractivity contribution in [2.45, 2.75) is 25.9 Å². The van der Waals surface area contributed by atoms with Crippen molar-refractivity contribution in [3.8, 4) is 0 Å². The molecule has 136 valence electrons. The predicted molar refractivity (Wildman–Crippen MR) is 93.1 cm³/mol. The normalized spacial score (nSPS) is 11.7. The van der Waals surface area contributed by atoms with E-state index >= 15 is 0 Å². The molecular weight excluding hydrogens is 343 g/mol. The Morgan fingerprint density at radius 3 is 2.46 bits per heavy atom. The number of esters is 1. The van der Waals surface area contributed by atoms with E-state index in [1.807, 2.05) is 13.0 Å². The Hall–Kier alpha value is -2.76. The van der Waals surface area contributed by atoms with Crippen LogP contribution in [0, 0.1) is 0 Å². The molecule has 3 rings (SSSR count). The topological polar surface area (TPSA) is 42.1 Å². The molecule has 0 atom stereocenters. The van der Waals surface area contributed by atoms with Gasteiger partial charge in [-0.3, -0.25) is 0 Å². The lowest BCUT2D eigenvalue weighted by molar-refractivity contribution is -0.137. The van der Waals surface area contributed by atoms with Gasteiger partial charge in [-0.2, -0.15) is 13.2 Å². The van der Waals surface area contributed by atoms with E-state index in [0.29, 0.717) is 18.6 Å². The number of alkyl halides is 3. The number of benzene rings is 2. The first-order valence-corrected chi connectivity index (χ1v) is 8.31. The molecule has 0 saturated heterocycles. The summed E-state index contributed by atoms with van der Waals surface area (Å²) in [6, 6.07) is 12.2. The molecule has 0 radical (unpaired) electrons. The van der Waals surface area contributed by atoms with Gasteiger partial charge >= 0.3 is 12.1 Å². The number of carbonyl (C=O) groups is 1. The van der Waals surface area contributed by atoms with Crippen LogP contribution in [0.2, 0.25) is 0 Å². The fraction of sp³-hybridized carbons (Fsp3) is 0.250. The zero-order chi connectivity index (χ0) is 18.7. The van der Waals surface area contributed by atoms with E-state index in [-0.39, 0.29) is 5.97 Å². The second kappa shape index (κ2) is 7.23. The molecule has 2 aromatic carbocycles. The van der Waals surface area contributed by atoms with E-state index in [1.54, 1.807) is 18.2 Å². The Morgan fingerprint density at radius 2 is 1.81 bits per heavy atom. The average Bonchev–Trinajstić information content (AvgIpc) is 3.00. The third-order valence-corrected chi connectivity index (χ3v) is 4.03. The summed E-state index contributed by atoms with van der Waals surface area (Å²) in [6.45, 7) is 2.30. The van der Waals surface area contributed by atoms with E-state index in [4.69, 9.17) is 4.74 Å². The van der Waals surface area contributed by atoms with Gasteiger partial charge in [-0.1, -0.05) is 19.1 Å². The van der Waals surface area contributed by atoms with Crippen molar-refractivity contribution in [1.82, 2.24) is 4.98 Å². The summed E-state index contributed by atoms with van der Waals surface area (Å²) in [5.74, 6) is -0.362. The highest BCUT2D eigenvalue weighted by molar-refractivity contribution is 5.94. The fourth-order valence-electron chi connectivity index (χ4n) is 2.72. The van der Waals surface area contributed by atoms with Crippen molar-refractivity contribution >= 4 is 16.9 Å². The number of nitrogens with one attached hydrogen (secondary N) is 1. The third-order valence-electron chi connectivity index (χ3n) is 4.03. The van der Waals surface area contributed by atoms with Crippen molar-refractivity contribution in [2.75, 3.05) is 6.61 Å². The molecule has 3 nitrogen and oxygen atoms in total. The second-order valence-corrected chi connectivity index (χ2v) is 6.10. The maximum Gasteiger partial charge on any atom is 0.416 e. The number of ether oxygens (including phenoxy) is 1. The molecule has 0 aliphatic rings. The van der Waals surface area contributed by atoms with Crippen LogP contribution in [0.15, 0.2) is 48.5 Å². The van der Waals surface area contributed by atoms with Gasteiger partial charge in [0.05, 0.1) is 17.7 Å². The summed E-state index contributed by atoms with van der Waals surface area (Å²) < 4.78 is 43.0. The first-order chi connectivity index (χ1) is 12.4. The number of aromatic nitrogens is 1. The van der Waals surface area contributed by atoms with E-state index in [0.717, 1.165) is 40.7 Å². The highest BCUT2D eigenvalue weighted by Crippen LogP contribution is 2.29. The number of halogens is 3. The minimum atomic E-state index is -4.33. The van der Waals surface area contributed by atoms with Gasteiger partial charge in [-0.05, 0) is 48.4 Å². The van der Waals surface area contributed by atoms with E-state index in [1.165, 1.54) is 12.1 Å². The minimum Gasteiger partial charge on any atom is -0.462 e. The molecular formula is C20H18F3NO2. The molecule has 1 N–H and O–H groups in total. The molecule has 3 aromatic rings. The van der Waals surface area contributed by atoms with Crippen LogP contribution >= 0.6 is 0 Å². The summed E-state index contributed by atoms with van der Waals surface area (Å²) in [4.78, 5) is 15.2. The van der Waals surface area contributed by atoms with Gasteiger partial charge in [0, 0.05) is 23.0 Å². The third kappa shape index (κ3) is 4.07. The number of fused-ring (bicyclic) bond motifs is 1. The number of hydrogen-bond donors (Lipinski definition) is 1. The van der Waals surface area contributed by atoms with Gasteiger partial charge in [0.2, 0.25) is 0 Å². The van der Waals surface area contributed by atoms with Crippen LogP contribution in [-0.4, -0.2) is 17.6 Å². The Morgan fingerprint density at radius 1 is 1.08 bits per heavy atom. The molecule has 1 aromatic heterocycles. The maximum atomic E-state index is 12.6. The highest BCUT2D eigenvalue weighted by Gasteiger charge is 2.29. The predicted octanol–water partition coefficient (Wildman–Crippen LogP) is 5.34. The lowest BCUT2D eigenvalue weighted by atomic mass is 10.1. The Bertz CT molecular complexity index is 911. The van der Waals surface area contributed by atoms with Crippen molar-refractivity contribution in [3.05, 3.63) is 70.9 Å². The molecule has 1 heterocycles. The zero-order valence-corrected chi connectivity index (χ0v) is 14.2. The Kier molecular flexibility index (Phi) is 5.02. The average molecular weight is 361 g/mol. The van der Waals surface area contributed by atoms with E-state index in [9.17, 15) is 18.0 Å². The number of carbonyl (C=O) groups excluding carboxylic acids is 1. The molecule has 0 saturated carbocycles. The first kappa shape index (κ1) is 18.0.